The van der Waals surface area contributed by atoms with E-state index in [2.05, 4.69) is 4.90 Å². The van der Waals surface area contributed by atoms with Gasteiger partial charge in [0.2, 0.25) is 0 Å². The fraction of sp³-hybridized carbons (Fsp3) is 0.889. The summed E-state index contributed by atoms with van der Waals surface area (Å²) in [5, 5.41) is 8.54. The number of rotatable bonds is 3. The quantitative estimate of drug-likeness (QED) is 0.691. The summed E-state index contributed by atoms with van der Waals surface area (Å²) in [6.45, 7) is 3.48. The first kappa shape index (κ1) is 9.89. The molecule has 0 aromatic carbocycles. The van der Waals surface area contributed by atoms with Gasteiger partial charge in [0.05, 0.1) is 26.2 Å². The zero-order valence-corrected chi connectivity index (χ0v) is 8.07. The summed E-state index contributed by atoms with van der Waals surface area (Å²) in [5.74, 6) is -1.17. The van der Waals surface area contributed by atoms with E-state index in [1.807, 2.05) is 0 Å². The van der Waals surface area contributed by atoms with Crippen molar-refractivity contribution < 1.29 is 19.4 Å². The molecule has 0 saturated carbocycles. The molecule has 2 fully saturated rings. The van der Waals surface area contributed by atoms with Gasteiger partial charge in [0.15, 0.2) is 5.79 Å². The highest BCUT2D eigenvalue weighted by atomic mass is 16.7. The van der Waals surface area contributed by atoms with Gasteiger partial charge in [-0.3, -0.25) is 9.69 Å². The maximum Gasteiger partial charge on any atom is 0.304 e. The highest BCUT2D eigenvalue weighted by molar-refractivity contribution is 5.66. The third kappa shape index (κ3) is 2.05. The lowest BCUT2D eigenvalue weighted by molar-refractivity contribution is -0.146. The molecule has 5 heteroatoms. The summed E-state index contributed by atoms with van der Waals surface area (Å²) < 4.78 is 11.1. The molecule has 2 rings (SSSR count). The second-order valence-electron chi connectivity index (χ2n) is 3.78. The van der Waals surface area contributed by atoms with Crippen molar-refractivity contribution >= 4 is 5.97 Å². The monoisotopic (exact) mass is 201 g/mol. The van der Waals surface area contributed by atoms with Gasteiger partial charge in [-0.25, -0.2) is 0 Å². The van der Waals surface area contributed by atoms with Gasteiger partial charge in [-0.1, -0.05) is 0 Å². The molecule has 5 nitrogen and oxygen atoms in total. The number of ether oxygens (including phenoxy) is 2. The van der Waals surface area contributed by atoms with Crippen LogP contribution in [-0.4, -0.2) is 54.6 Å². The fourth-order valence-electron chi connectivity index (χ4n) is 2.00. The normalized spacial score (nSPS) is 26.0. The Morgan fingerprint density at radius 3 is 2.79 bits per heavy atom. The molecule has 0 atom stereocenters. The van der Waals surface area contributed by atoms with Crippen molar-refractivity contribution in [3.05, 3.63) is 0 Å². The van der Waals surface area contributed by atoms with E-state index in [1.165, 1.54) is 0 Å². The summed E-state index contributed by atoms with van der Waals surface area (Å²) in [6.07, 6.45) is 1.04. The second-order valence-corrected chi connectivity index (χ2v) is 3.78. The third-order valence-corrected chi connectivity index (χ3v) is 2.73. The van der Waals surface area contributed by atoms with E-state index in [-0.39, 0.29) is 6.42 Å². The zero-order valence-electron chi connectivity index (χ0n) is 8.07. The second kappa shape index (κ2) is 3.84. The Hall–Kier alpha value is -0.650. The summed E-state index contributed by atoms with van der Waals surface area (Å²) >= 11 is 0. The van der Waals surface area contributed by atoms with Crippen molar-refractivity contribution in [2.45, 2.75) is 18.6 Å². The molecule has 1 N–H and O–H groups in total. The van der Waals surface area contributed by atoms with Gasteiger partial charge in [-0.2, -0.15) is 0 Å². The number of carboxylic acid groups (broad SMARTS) is 1. The van der Waals surface area contributed by atoms with Crippen molar-refractivity contribution in [1.29, 1.82) is 0 Å². The Labute approximate surface area is 82.6 Å². The van der Waals surface area contributed by atoms with Crippen LogP contribution in [0.25, 0.3) is 0 Å². The van der Waals surface area contributed by atoms with E-state index in [9.17, 15) is 4.79 Å². The van der Waals surface area contributed by atoms with E-state index in [4.69, 9.17) is 14.6 Å². The number of hydrogen-bond acceptors (Lipinski definition) is 4. The molecule has 1 spiro atoms. The number of nitrogens with zero attached hydrogens (tertiary/aromatic N) is 1. The predicted molar refractivity (Wildman–Crippen MR) is 47.9 cm³/mol. The summed E-state index contributed by atoms with van der Waals surface area (Å²) in [5.41, 5.74) is 0. The number of carboxylic acids is 1. The van der Waals surface area contributed by atoms with E-state index in [0.717, 1.165) is 13.0 Å². The van der Waals surface area contributed by atoms with Crippen LogP contribution in [0.15, 0.2) is 0 Å². The molecule has 14 heavy (non-hydrogen) atoms. The lowest BCUT2D eigenvalue weighted by Gasteiger charge is -2.21. The lowest BCUT2D eigenvalue weighted by atomic mass is 10.2. The van der Waals surface area contributed by atoms with Crippen LogP contribution in [-0.2, 0) is 14.3 Å². The molecule has 0 radical (unpaired) electrons. The van der Waals surface area contributed by atoms with Crippen LogP contribution in [0.5, 0.6) is 0 Å². The molecule has 0 aliphatic carbocycles. The minimum atomic E-state index is -0.751. The maximum absolute atomic E-state index is 10.4. The predicted octanol–water partition coefficient (Wildman–Crippen LogP) is -0.0901. The molecular formula is C9H15NO4. The standard InChI is InChI=1S/C9H15NO4/c11-8(12)1-3-10-4-2-9(7-10)13-5-6-14-9/h1-7H2,(H,11,12). The summed E-state index contributed by atoms with van der Waals surface area (Å²) in [4.78, 5) is 12.5. The fourth-order valence-corrected chi connectivity index (χ4v) is 2.00. The van der Waals surface area contributed by atoms with E-state index < -0.39 is 11.8 Å². The van der Waals surface area contributed by atoms with Crippen molar-refractivity contribution in [3.8, 4) is 0 Å². The van der Waals surface area contributed by atoms with Crippen LogP contribution >= 0.6 is 0 Å². The van der Waals surface area contributed by atoms with Crippen molar-refractivity contribution in [1.82, 2.24) is 4.90 Å². The van der Waals surface area contributed by atoms with Gasteiger partial charge in [0, 0.05) is 19.5 Å². The van der Waals surface area contributed by atoms with Crippen molar-refractivity contribution in [3.63, 3.8) is 0 Å². The molecular weight excluding hydrogens is 186 g/mol. The van der Waals surface area contributed by atoms with Crippen LogP contribution in [0, 0.1) is 0 Å². The topological polar surface area (TPSA) is 59.0 Å². The van der Waals surface area contributed by atoms with Gasteiger partial charge in [-0.05, 0) is 0 Å². The molecule has 0 unspecified atom stereocenters. The van der Waals surface area contributed by atoms with Crippen LogP contribution in [0.3, 0.4) is 0 Å². The van der Waals surface area contributed by atoms with Crippen LogP contribution < -0.4 is 0 Å². The lowest BCUT2D eigenvalue weighted by Crippen LogP contribution is -2.34. The van der Waals surface area contributed by atoms with Crippen molar-refractivity contribution in [2.75, 3.05) is 32.8 Å². The zero-order chi connectivity index (χ0) is 10.0. The minimum Gasteiger partial charge on any atom is -0.481 e. The molecule has 0 amide bonds. The number of carbonyl (C=O) groups is 1. The largest absolute Gasteiger partial charge is 0.481 e. The molecule has 80 valence electrons. The van der Waals surface area contributed by atoms with Crippen LogP contribution in [0.2, 0.25) is 0 Å². The SMILES string of the molecule is O=C(O)CCN1CCC2(C1)OCCO2. The number of likely N-dealkylation sites (tertiary alicyclic amines) is 1. The molecule has 2 aliphatic heterocycles. The van der Waals surface area contributed by atoms with Crippen LogP contribution in [0.4, 0.5) is 0 Å². The van der Waals surface area contributed by atoms with Gasteiger partial charge >= 0.3 is 5.97 Å². The average Bonchev–Trinajstić information content (AvgIpc) is 2.74. The Balaban J connectivity index is 1.79. The highest BCUT2D eigenvalue weighted by Crippen LogP contribution is 2.30. The van der Waals surface area contributed by atoms with E-state index >= 15 is 0 Å². The van der Waals surface area contributed by atoms with Gasteiger partial charge in [0.25, 0.3) is 0 Å². The first-order chi connectivity index (χ1) is 6.70. The number of aliphatic carboxylic acids is 1. The molecule has 0 aromatic rings. The first-order valence-corrected chi connectivity index (χ1v) is 4.92. The summed E-state index contributed by atoms with van der Waals surface area (Å²) in [7, 11) is 0. The Kier molecular flexibility index (Phi) is 2.71. The van der Waals surface area contributed by atoms with E-state index in [1.54, 1.807) is 0 Å². The van der Waals surface area contributed by atoms with Crippen LogP contribution in [0.1, 0.15) is 12.8 Å². The highest BCUT2D eigenvalue weighted by Gasteiger charge is 2.42. The first-order valence-electron chi connectivity index (χ1n) is 4.92. The molecule has 2 saturated heterocycles. The van der Waals surface area contributed by atoms with E-state index in [0.29, 0.717) is 26.3 Å². The average molecular weight is 201 g/mol. The molecule has 2 aliphatic rings. The Bertz CT molecular complexity index is 225. The minimum absolute atomic E-state index is 0.191. The van der Waals surface area contributed by atoms with Crippen molar-refractivity contribution in [2.24, 2.45) is 0 Å². The smallest absolute Gasteiger partial charge is 0.304 e. The molecule has 0 bridgehead atoms. The maximum atomic E-state index is 10.4. The number of hydrogen-bond donors (Lipinski definition) is 1. The molecule has 0 aromatic heterocycles. The molecule has 2 heterocycles. The Morgan fingerprint density at radius 1 is 1.43 bits per heavy atom. The summed E-state index contributed by atoms with van der Waals surface area (Å²) in [6, 6.07) is 0. The van der Waals surface area contributed by atoms with Gasteiger partial charge in [-0.15, -0.1) is 0 Å². The third-order valence-electron chi connectivity index (χ3n) is 2.73. The van der Waals surface area contributed by atoms with Gasteiger partial charge in [0.1, 0.15) is 0 Å². The van der Waals surface area contributed by atoms with Gasteiger partial charge < -0.3 is 14.6 Å². The Morgan fingerprint density at radius 2 is 2.14 bits per heavy atom.